The highest BCUT2D eigenvalue weighted by atomic mass is 16.7. The Morgan fingerprint density at radius 2 is 2.27 bits per heavy atom. The van der Waals surface area contributed by atoms with Crippen LogP contribution in [0.3, 0.4) is 0 Å². The van der Waals surface area contributed by atoms with E-state index in [2.05, 4.69) is 9.47 Å². The van der Waals surface area contributed by atoms with Crippen molar-refractivity contribution in [2.75, 3.05) is 6.61 Å². The third kappa shape index (κ3) is 1.46. The molecule has 0 aliphatic carbocycles. The van der Waals surface area contributed by atoms with Crippen molar-refractivity contribution < 1.29 is 29.0 Å². The van der Waals surface area contributed by atoms with Gasteiger partial charge in [-0.1, -0.05) is 0 Å². The molecule has 1 unspecified atom stereocenters. The fourth-order valence-electron chi connectivity index (χ4n) is 0.640. The molecule has 1 N–H and O–H groups in total. The first-order chi connectivity index (χ1) is 5.11. The minimum absolute atomic E-state index is 0.406. The largest absolute Gasteiger partial charge is 0.507 e. The maximum atomic E-state index is 10.6. The van der Waals surface area contributed by atoms with Crippen molar-refractivity contribution in [1.82, 2.24) is 0 Å². The Balaban J connectivity index is 2.62. The van der Waals surface area contributed by atoms with Crippen molar-refractivity contribution in [3.05, 3.63) is 0 Å². The third-order valence-corrected chi connectivity index (χ3v) is 1.08. The summed E-state index contributed by atoms with van der Waals surface area (Å²) >= 11 is 0. The number of carbonyl (C=O) groups is 3. The van der Waals surface area contributed by atoms with Gasteiger partial charge in [0.25, 0.3) is 6.10 Å². The summed E-state index contributed by atoms with van der Waals surface area (Å²) in [7, 11) is 0. The minimum Gasteiger partial charge on any atom is -0.454 e. The molecule has 0 spiro atoms. The molecule has 1 saturated heterocycles. The lowest BCUT2D eigenvalue weighted by Crippen LogP contribution is -2.28. The van der Waals surface area contributed by atoms with Gasteiger partial charge in [0.2, 0.25) is 5.78 Å². The van der Waals surface area contributed by atoms with Crippen molar-refractivity contribution in [3.63, 3.8) is 0 Å². The number of ether oxygens (including phenoxy) is 2. The van der Waals surface area contributed by atoms with Crippen LogP contribution in [-0.4, -0.2) is 35.7 Å². The molecule has 0 radical (unpaired) electrons. The van der Waals surface area contributed by atoms with Crippen molar-refractivity contribution in [2.45, 2.75) is 6.10 Å². The van der Waals surface area contributed by atoms with Gasteiger partial charge in [-0.25, -0.2) is 9.59 Å². The van der Waals surface area contributed by atoms with Gasteiger partial charge in [-0.3, -0.25) is 4.79 Å². The molecule has 0 aromatic rings. The van der Waals surface area contributed by atoms with Crippen LogP contribution in [0.15, 0.2) is 0 Å². The number of hydrogen-bond acceptors (Lipinski definition) is 5. The lowest BCUT2D eigenvalue weighted by atomic mass is 10.3. The first kappa shape index (κ1) is 7.52. The molecular weight excluding hydrogens is 156 g/mol. The summed E-state index contributed by atoms with van der Waals surface area (Å²) in [5.74, 6) is -1.62. The molecule has 11 heavy (non-hydrogen) atoms. The van der Waals surface area contributed by atoms with Gasteiger partial charge in [-0.15, -0.1) is 0 Å². The van der Waals surface area contributed by atoms with E-state index >= 15 is 0 Å². The zero-order valence-electron chi connectivity index (χ0n) is 5.27. The quantitative estimate of drug-likeness (QED) is 0.398. The molecule has 1 fully saturated rings. The normalized spacial score (nSPS) is 23.1. The molecule has 60 valence electrons. The smallest absolute Gasteiger partial charge is 0.454 e. The van der Waals surface area contributed by atoms with Gasteiger partial charge in [-0.2, -0.15) is 0 Å². The van der Waals surface area contributed by atoms with Crippen LogP contribution in [0.5, 0.6) is 0 Å². The molecule has 0 aromatic carbocycles. The average molecular weight is 160 g/mol. The summed E-state index contributed by atoms with van der Waals surface area (Å²) in [6.07, 6.45) is -3.24. The lowest BCUT2D eigenvalue weighted by molar-refractivity contribution is -0.146. The zero-order valence-corrected chi connectivity index (χ0v) is 5.27. The SMILES string of the molecule is O=C(O)OC1C(=O)COC1=O. The molecule has 1 aliphatic heterocycles. The molecule has 6 nitrogen and oxygen atoms in total. The number of ketones is 1. The van der Waals surface area contributed by atoms with Crippen LogP contribution in [-0.2, 0) is 19.1 Å². The summed E-state index contributed by atoms with van der Waals surface area (Å²) in [6, 6.07) is 0. The summed E-state index contributed by atoms with van der Waals surface area (Å²) < 4.78 is 8.13. The number of Topliss-reactive ketones (excluding diaryl/α,β-unsaturated/α-hetero) is 1. The number of rotatable bonds is 1. The second kappa shape index (κ2) is 2.57. The molecule has 6 heteroatoms. The van der Waals surface area contributed by atoms with Crippen LogP contribution >= 0.6 is 0 Å². The van der Waals surface area contributed by atoms with Gasteiger partial charge in [-0.05, 0) is 0 Å². The Labute approximate surface area is 60.7 Å². The van der Waals surface area contributed by atoms with Crippen LogP contribution in [0, 0.1) is 0 Å². The maximum absolute atomic E-state index is 10.6. The number of carboxylic acid groups (broad SMARTS) is 1. The van der Waals surface area contributed by atoms with Crippen LogP contribution < -0.4 is 0 Å². The van der Waals surface area contributed by atoms with E-state index in [0.717, 1.165) is 0 Å². The molecule has 0 amide bonds. The highest BCUT2D eigenvalue weighted by Gasteiger charge is 2.38. The van der Waals surface area contributed by atoms with Gasteiger partial charge < -0.3 is 14.6 Å². The van der Waals surface area contributed by atoms with E-state index in [0.29, 0.717) is 0 Å². The molecular formula is C5H4O6. The Hall–Kier alpha value is -1.59. The fraction of sp³-hybridized carbons (Fsp3) is 0.400. The summed E-state index contributed by atoms with van der Waals surface area (Å²) in [5.41, 5.74) is 0. The predicted molar refractivity (Wildman–Crippen MR) is 28.9 cm³/mol. The van der Waals surface area contributed by atoms with Crippen molar-refractivity contribution in [3.8, 4) is 0 Å². The Morgan fingerprint density at radius 1 is 1.64 bits per heavy atom. The summed E-state index contributed by atoms with van der Waals surface area (Å²) in [4.78, 5) is 30.9. The number of carbonyl (C=O) groups excluding carboxylic acids is 2. The van der Waals surface area contributed by atoms with E-state index in [-0.39, 0.29) is 0 Å². The molecule has 0 saturated carbocycles. The highest BCUT2D eigenvalue weighted by Crippen LogP contribution is 2.06. The second-order valence-corrected chi connectivity index (χ2v) is 1.84. The molecule has 0 bridgehead atoms. The Kier molecular flexibility index (Phi) is 1.75. The van der Waals surface area contributed by atoms with Crippen molar-refractivity contribution in [2.24, 2.45) is 0 Å². The van der Waals surface area contributed by atoms with Crippen molar-refractivity contribution >= 4 is 17.9 Å². The average Bonchev–Trinajstić information content (AvgIpc) is 2.18. The zero-order chi connectivity index (χ0) is 8.43. The lowest BCUT2D eigenvalue weighted by Gasteiger charge is -2.00. The van der Waals surface area contributed by atoms with E-state index in [1.54, 1.807) is 0 Å². The first-order valence-corrected chi connectivity index (χ1v) is 2.70. The van der Waals surface area contributed by atoms with Crippen LogP contribution in [0.25, 0.3) is 0 Å². The number of esters is 1. The second-order valence-electron chi connectivity index (χ2n) is 1.84. The van der Waals surface area contributed by atoms with Gasteiger partial charge in [0.05, 0.1) is 0 Å². The first-order valence-electron chi connectivity index (χ1n) is 2.70. The van der Waals surface area contributed by atoms with Gasteiger partial charge in [0.1, 0.15) is 0 Å². The van der Waals surface area contributed by atoms with Crippen LogP contribution in [0.1, 0.15) is 0 Å². The predicted octanol–water partition coefficient (Wildman–Crippen LogP) is -0.825. The molecule has 0 aromatic heterocycles. The number of cyclic esters (lactones) is 1. The standard InChI is InChI=1S/C5H4O6/c6-2-1-10-4(7)3(2)11-5(8)9/h3H,1H2,(H,8,9). The van der Waals surface area contributed by atoms with Crippen LogP contribution in [0.2, 0.25) is 0 Å². The van der Waals surface area contributed by atoms with Crippen LogP contribution in [0.4, 0.5) is 4.79 Å². The van der Waals surface area contributed by atoms with Gasteiger partial charge in [0.15, 0.2) is 6.61 Å². The molecule has 1 heterocycles. The molecule has 1 aliphatic rings. The fourth-order valence-corrected chi connectivity index (χ4v) is 0.640. The summed E-state index contributed by atoms with van der Waals surface area (Å²) in [6.45, 7) is -0.406. The van der Waals surface area contributed by atoms with E-state index in [1.807, 2.05) is 0 Å². The maximum Gasteiger partial charge on any atom is 0.507 e. The van der Waals surface area contributed by atoms with Gasteiger partial charge in [0, 0.05) is 0 Å². The third-order valence-electron chi connectivity index (χ3n) is 1.08. The molecule has 1 atom stereocenters. The Morgan fingerprint density at radius 3 is 2.64 bits per heavy atom. The number of hydrogen-bond donors (Lipinski definition) is 1. The van der Waals surface area contributed by atoms with E-state index in [9.17, 15) is 14.4 Å². The van der Waals surface area contributed by atoms with E-state index in [4.69, 9.17) is 5.11 Å². The highest BCUT2D eigenvalue weighted by molar-refractivity contribution is 6.08. The topological polar surface area (TPSA) is 89.9 Å². The molecule has 1 rings (SSSR count). The monoisotopic (exact) mass is 160 g/mol. The van der Waals surface area contributed by atoms with E-state index < -0.39 is 30.6 Å². The van der Waals surface area contributed by atoms with Crippen molar-refractivity contribution in [1.29, 1.82) is 0 Å². The van der Waals surface area contributed by atoms with E-state index in [1.165, 1.54) is 0 Å². The summed E-state index contributed by atoms with van der Waals surface area (Å²) in [5, 5.41) is 8.03. The Bertz CT molecular complexity index is 203. The van der Waals surface area contributed by atoms with Gasteiger partial charge >= 0.3 is 12.1 Å². The minimum atomic E-state index is -1.66.